The van der Waals surface area contributed by atoms with E-state index < -0.39 is 9.84 Å². The third kappa shape index (κ3) is 5.95. The lowest BCUT2D eigenvalue weighted by molar-refractivity contribution is 0.398. The monoisotopic (exact) mass is 231 g/mol. The number of piperidine rings is 1. The molecule has 0 bridgehead atoms. The smallest absolute Gasteiger partial charge is 0.151 e. The van der Waals surface area contributed by atoms with Crippen molar-refractivity contribution in [2.45, 2.75) is 38.6 Å². The van der Waals surface area contributed by atoms with Gasteiger partial charge in [0, 0.05) is 12.3 Å². The van der Waals surface area contributed by atoms with Gasteiger partial charge in [0.1, 0.15) is 0 Å². The first-order valence-electron chi connectivity index (χ1n) is 5.54. The fourth-order valence-corrected chi connectivity index (χ4v) is 2.45. The summed E-state index contributed by atoms with van der Waals surface area (Å²) in [5, 5.41) is 3.46. The van der Waals surface area contributed by atoms with E-state index in [-0.39, 0.29) is 5.75 Å². The third-order valence-electron chi connectivity index (χ3n) is 2.72. The summed E-state index contributed by atoms with van der Waals surface area (Å²) in [6.45, 7) is 3.12. The second kappa shape index (κ2) is 5.66. The van der Waals surface area contributed by atoms with Crippen LogP contribution in [0.3, 0.4) is 0 Å². The average molecular weight is 231 g/mol. The van der Waals surface area contributed by atoms with E-state index >= 15 is 0 Å². The standard InChI is InChI=1S/C11H21NO2S/c1-10(6-8-15(2,13)14)9-11-5-3-4-7-12-11/h6,11-12H,3-5,7-9H2,1-2H3. The number of sulfone groups is 1. The molecule has 3 nitrogen and oxygen atoms in total. The number of hydrogen-bond donors (Lipinski definition) is 1. The summed E-state index contributed by atoms with van der Waals surface area (Å²) in [6.07, 6.45) is 7.86. The Morgan fingerprint density at radius 1 is 1.47 bits per heavy atom. The highest BCUT2D eigenvalue weighted by atomic mass is 32.2. The van der Waals surface area contributed by atoms with Crippen LogP contribution in [0.25, 0.3) is 0 Å². The Balaban J connectivity index is 2.36. The first kappa shape index (κ1) is 12.7. The highest BCUT2D eigenvalue weighted by molar-refractivity contribution is 7.90. The minimum absolute atomic E-state index is 0.172. The molecular weight excluding hydrogens is 210 g/mol. The lowest BCUT2D eigenvalue weighted by Gasteiger charge is -2.23. The Bertz CT molecular complexity index is 313. The molecule has 15 heavy (non-hydrogen) atoms. The molecule has 1 saturated heterocycles. The van der Waals surface area contributed by atoms with E-state index in [0.717, 1.165) is 13.0 Å². The van der Waals surface area contributed by atoms with Crippen LogP contribution in [0.2, 0.25) is 0 Å². The Hall–Kier alpha value is -0.350. The van der Waals surface area contributed by atoms with Gasteiger partial charge in [0.05, 0.1) is 5.75 Å². The molecule has 1 unspecified atom stereocenters. The molecule has 0 aliphatic carbocycles. The molecule has 0 radical (unpaired) electrons. The highest BCUT2D eigenvalue weighted by Crippen LogP contribution is 2.14. The maximum absolute atomic E-state index is 11.0. The van der Waals surface area contributed by atoms with Gasteiger partial charge >= 0.3 is 0 Å². The predicted octanol–water partition coefficient (Wildman–Crippen LogP) is 1.51. The van der Waals surface area contributed by atoms with E-state index in [4.69, 9.17) is 0 Å². The van der Waals surface area contributed by atoms with E-state index in [9.17, 15) is 8.42 Å². The van der Waals surface area contributed by atoms with Gasteiger partial charge in [-0.2, -0.15) is 0 Å². The second-order valence-electron chi connectivity index (χ2n) is 4.49. The molecule has 1 N–H and O–H groups in total. The Labute approximate surface area is 92.9 Å². The van der Waals surface area contributed by atoms with Crippen molar-refractivity contribution in [3.63, 3.8) is 0 Å². The first-order valence-corrected chi connectivity index (χ1v) is 7.60. The predicted molar refractivity (Wildman–Crippen MR) is 63.7 cm³/mol. The molecule has 0 aromatic rings. The zero-order valence-corrected chi connectivity index (χ0v) is 10.4. The van der Waals surface area contributed by atoms with Crippen LogP contribution in [-0.2, 0) is 9.84 Å². The van der Waals surface area contributed by atoms with Gasteiger partial charge in [-0.15, -0.1) is 0 Å². The molecule has 1 aliphatic rings. The van der Waals surface area contributed by atoms with Crippen molar-refractivity contribution in [3.8, 4) is 0 Å². The fourth-order valence-electron chi connectivity index (χ4n) is 1.86. The van der Waals surface area contributed by atoms with Gasteiger partial charge in [-0.05, 0) is 32.7 Å². The Kier molecular flexibility index (Phi) is 4.80. The van der Waals surface area contributed by atoms with Crippen molar-refractivity contribution < 1.29 is 8.42 Å². The normalized spacial score (nSPS) is 24.1. The molecule has 1 aliphatic heterocycles. The molecule has 88 valence electrons. The van der Waals surface area contributed by atoms with E-state index in [1.54, 1.807) is 0 Å². The second-order valence-corrected chi connectivity index (χ2v) is 6.68. The van der Waals surface area contributed by atoms with Gasteiger partial charge in [0.25, 0.3) is 0 Å². The molecule has 1 rings (SSSR count). The minimum atomic E-state index is -2.86. The van der Waals surface area contributed by atoms with Crippen molar-refractivity contribution in [1.82, 2.24) is 5.32 Å². The van der Waals surface area contributed by atoms with Gasteiger partial charge < -0.3 is 5.32 Å². The zero-order valence-electron chi connectivity index (χ0n) is 9.62. The van der Waals surface area contributed by atoms with Crippen molar-refractivity contribution in [2.24, 2.45) is 0 Å². The summed E-state index contributed by atoms with van der Waals surface area (Å²) in [7, 11) is -2.86. The summed E-state index contributed by atoms with van der Waals surface area (Å²) in [5.41, 5.74) is 1.18. The topological polar surface area (TPSA) is 46.2 Å². The molecular formula is C11H21NO2S. The van der Waals surface area contributed by atoms with Crippen LogP contribution < -0.4 is 5.32 Å². The van der Waals surface area contributed by atoms with Gasteiger partial charge in [-0.3, -0.25) is 0 Å². The molecule has 4 heteroatoms. The third-order valence-corrected chi connectivity index (χ3v) is 3.49. The summed E-state index contributed by atoms with van der Waals surface area (Å²) in [5.74, 6) is 0.172. The van der Waals surface area contributed by atoms with Crippen LogP contribution in [0.15, 0.2) is 11.6 Å². The zero-order chi connectivity index (χ0) is 11.3. The lowest BCUT2D eigenvalue weighted by atomic mass is 9.98. The molecule has 0 amide bonds. The number of rotatable bonds is 4. The lowest BCUT2D eigenvalue weighted by Crippen LogP contribution is -2.34. The molecule has 1 atom stereocenters. The average Bonchev–Trinajstić information content (AvgIpc) is 2.15. The maximum Gasteiger partial charge on any atom is 0.151 e. The molecule has 0 aromatic carbocycles. The van der Waals surface area contributed by atoms with Crippen molar-refractivity contribution in [2.75, 3.05) is 18.6 Å². The molecule has 1 fully saturated rings. The van der Waals surface area contributed by atoms with E-state index in [0.29, 0.717) is 6.04 Å². The van der Waals surface area contributed by atoms with Crippen molar-refractivity contribution in [1.29, 1.82) is 0 Å². The summed E-state index contributed by atoms with van der Waals surface area (Å²) in [4.78, 5) is 0. The van der Waals surface area contributed by atoms with Crippen LogP contribution in [0.4, 0.5) is 0 Å². The summed E-state index contributed by atoms with van der Waals surface area (Å²) in [6, 6.07) is 0.551. The Morgan fingerprint density at radius 2 is 2.20 bits per heavy atom. The molecule has 0 spiro atoms. The quantitative estimate of drug-likeness (QED) is 0.746. The first-order chi connectivity index (χ1) is 6.97. The van der Waals surface area contributed by atoms with Crippen LogP contribution in [0.5, 0.6) is 0 Å². The van der Waals surface area contributed by atoms with E-state index in [1.807, 2.05) is 13.0 Å². The fraction of sp³-hybridized carbons (Fsp3) is 0.818. The Morgan fingerprint density at radius 3 is 2.73 bits per heavy atom. The van der Waals surface area contributed by atoms with Gasteiger partial charge in [-0.1, -0.05) is 18.1 Å². The largest absolute Gasteiger partial charge is 0.314 e. The highest BCUT2D eigenvalue weighted by Gasteiger charge is 2.12. The van der Waals surface area contributed by atoms with Crippen LogP contribution in [-0.4, -0.2) is 33.0 Å². The number of hydrogen-bond acceptors (Lipinski definition) is 3. The van der Waals surface area contributed by atoms with Gasteiger partial charge in [0.15, 0.2) is 9.84 Å². The van der Waals surface area contributed by atoms with Gasteiger partial charge in [-0.25, -0.2) is 8.42 Å². The minimum Gasteiger partial charge on any atom is -0.314 e. The molecule has 0 aromatic heterocycles. The van der Waals surface area contributed by atoms with E-state index in [1.165, 1.54) is 31.1 Å². The summed E-state index contributed by atoms with van der Waals surface area (Å²) >= 11 is 0. The maximum atomic E-state index is 11.0. The molecule has 0 saturated carbocycles. The number of nitrogens with one attached hydrogen (secondary N) is 1. The summed E-state index contributed by atoms with van der Waals surface area (Å²) < 4.78 is 21.9. The SMILES string of the molecule is CC(=CCS(C)(=O)=O)CC1CCCCN1. The van der Waals surface area contributed by atoms with Crippen LogP contribution in [0, 0.1) is 0 Å². The van der Waals surface area contributed by atoms with Crippen LogP contribution >= 0.6 is 0 Å². The van der Waals surface area contributed by atoms with Crippen LogP contribution in [0.1, 0.15) is 32.6 Å². The van der Waals surface area contributed by atoms with Crippen molar-refractivity contribution >= 4 is 9.84 Å². The molecule has 1 heterocycles. The van der Waals surface area contributed by atoms with Crippen molar-refractivity contribution in [3.05, 3.63) is 11.6 Å². The van der Waals surface area contributed by atoms with Gasteiger partial charge in [0.2, 0.25) is 0 Å². The van der Waals surface area contributed by atoms with E-state index in [2.05, 4.69) is 5.32 Å².